The van der Waals surface area contributed by atoms with Gasteiger partial charge in [-0.25, -0.2) is 0 Å². The van der Waals surface area contributed by atoms with Crippen LogP contribution in [0.1, 0.15) is 0 Å². The van der Waals surface area contributed by atoms with Gasteiger partial charge in [-0.3, -0.25) is 0 Å². The van der Waals surface area contributed by atoms with Crippen molar-refractivity contribution < 1.29 is 0 Å². The van der Waals surface area contributed by atoms with Gasteiger partial charge in [0.1, 0.15) is 0 Å². The van der Waals surface area contributed by atoms with Gasteiger partial charge in [0.2, 0.25) is 0 Å². The van der Waals surface area contributed by atoms with Crippen LogP contribution in [-0.4, -0.2) is 4.57 Å². The van der Waals surface area contributed by atoms with E-state index in [1.165, 1.54) is 22.3 Å². The maximum atomic E-state index is 6.71. The zero-order valence-corrected chi connectivity index (χ0v) is 18.1. The third kappa shape index (κ3) is 3.02. The summed E-state index contributed by atoms with van der Waals surface area (Å²) in [5, 5.41) is 3.03. The van der Waals surface area contributed by atoms with E-state index in [1.54, 1.807) is 0 Å². The number of fused-ring (bicyclic) bond motifs is 3. The molecule has 0 aliphatic carbocycles. The highest BCUT2D eigenvalue weighted by Gasteiger charge is 2.17. The molecule has 152 valence electrons. The minimum absolute atomic E-state index is 0.776. The normalized spacial score (nSPS) is 11.3. The van der Waals surface area contributed by atoms with Crippen molar-refractivity contribution >= 4 is 33.4 Å². The quantitative estimate of drug-likeness (QED) is 0.265. The summed E-state index contributed by atoms with van der Waals surface area (Å²) in [6.07, 6.45) is 0. The Hall–Kier alpha value is -3.81. The highest BCUT2D eigenvalue weighted by Crippen LogP contribution is 2.40. The molecule has 0 amide bonds. The minimum atomic E-state index is 0.776. The predicted octanol–water partition coefficient (Wildman–Crippen LogP) is 8.77. The van der Waals surface area contributed by atoms with Gasteiger partial charge in [-0.1, -0.05) is 109 Å². The molecular weight excluding hydrogens is 410 g/mol. The molecule has 0 spiro atoms. The first kappa shape index (κ1) is 18.9. The number of aromatic nitrogens is 1. The van der Waals surface area contributed by atoms with E-state index in [0.29, 0.717) is 0 Å². The van der Waals surface area contributed by atoms with Crippen LogP contribution >= 0.6 is 11.6 Å². The van der Waals surface area contributed by atoms with E-state index in [0.717, 1.165) is 32.5 Å². The van der Waals surface area contributed by atoms with Crippen molar-refractivity contribution in [3.05, 3.63) is 126 Å². The van der Waals surface area contributed by atoms with Crippen LogP contribution in [0.4, 0.5) is 0 Å². The average Bonchev–Trinajstić information content (AvgIpc) is 3.20. The van der Waals surface area contributed by atoms with Gasteiger partial charge in [-0.15, -0.1) is 0 Å². The number of nitrogens with zero attached hydrogens (tertiary/aromatic N) is 1. The van der Waals surface area contributed by atoms with Gasteiger partial charge in [0.25, 0.3) is 0 Å². The molecule has 0 N–H and O–H groups in total. The lowest BCUT2D eigenvalue weighted by atomic mass is 9.98. The number of benzene rings is 5. The summed E-state index contributed by atoms with van der Waals surface area (Å²) in [6, 6.07) is 42.5. The van der Waals surface area contributed by atoms with Crippen molar-refractivity contribution in [3.63, 3.8) is 0 Å². The number of rotatable bonds is 3. The monoisotopic (exact) mass is 429 g/mol. The topological polar surface area (TPSA) is 4.93 Å². The molecule has 2 heteroatoms. The van der Waals surface area contributed by atoms with Crippen LogP contribution in [0.25, 0.3) is 49.7 Å². The van der Waals surface area contributed by atoms with Gasteiger partial charge in [0, 0.05) is 16.3 Å². The van der Waals surface area contributed by atoms with Gasteiger partial charge in [-0.2, -0.15) is 0 Å². The summed E-state index contributed by atoms with van der Waals surface area (Å²) in [5.74, 6) is 0. The molecule has 5 aromatic carbocycles. The molecule has 0 fully saturated rings. The zero-order chi connectivity index (χ0) is 21.5. The summed E-state index contributed by atoms with van der Waals surface area (Å²) in [6.45, 7) is 0. The maximum absolute atomic E-state index is 6.71. The van der Waals surface area contributed by atoms with E-state index >= 15 is 0 Å². The minimum Gasteiger partial charge on any atom is -0.309 e. The van der Waals surface area contributed by atoms with E-state index in [1.807, 2.05) is 12.1 Å². The molecule has 0 aliphatic heterocycles. The molecule has 6 aromatic rings. The van der Waals surface area contributed by atoms with Crippen LogP contribution in [0, 0.1) is 0 Å². The molecule has 0 bridgehead atoms. The van der Waals surface area contributed by atoms with Crippen LogP contribution in [0.15, 0.2) is 121 Å². The van der Waals surface area contributed by atoms with Crippen molar-refractivity contribution in [1.29, 1.82) is 0 Å². The zero-order valence-electron chi connectivity index (χ0n) is 17.4. The third-order valence-electron chi connectivity index (χ3n) is 6.08. The Morgan fingerprint density at radius 1 is 0.500 bits per heavy atom. The van der Waals surface area contributed by atoms with Crippen LogP contribution in [-0.2, 0) is 0 Å². The molecule has 1 nitrogen and oxygen atoms in total. The highest BCUT2D eigenvalue weighted by atomic mass is 35.5. The molecule has 32 heavy (non-hydrogen) atoms. The smallest absolute Gasteiger partial charge is 0.0556 e. The van der Waals surface area contributed by atoms with Crippen molar-refractivity contribution in [2.24, 2.45) is 0 Å². The SMILES string of the molecule is Clc1cccc2c1c1ccccc1n2-c1cc(-c2ccccc2)ccc1-c1ccccc1. The van der Waals surface area contributed by atoms with E-state index in [-0.39, 0.29) is 0 Å². The number of hydrogen-bond acceptors (Lipinski definition) is 0. The molecule has 6 rings (SSSR count). The Morgan fingerprint density at radius 2 is 1.16 bits per heavy atom. The van der Waals surface area contributed by atoms with Crippen LogP contribution in [0.5, 0.6) is 0 Å². The lowest BCUT2D eigenvalue weighted by Crippen LogP contribution is -1.98. The fraction of sp³-hybridized carbons (Fsp3) is 0. The maximum Gasteiger partial charge on any atom is 0.0556 e. The average molecular weight is 430 g/mol. The van der Waals surface area contributed by atoms with E-state index < -0.39 is 0 Å². The predicted molar refractivity (Wildman–Crippen MR) is 137 cm³/mol. The molecule has 1 aromatic heterocycles. The van der Waals surface area contributed by atoms with Gasteiger partial charge in [-0.05, 0) is 41.0 Å². The van der Waals surface area contributed by atoms with Crippen LogP contribution < -0.4 is 0 Å². The van der Waals surface area contributed by atoms with E-state index in [2.05, 4.69) is 114 Å². The van der Waals surface area contributed by atoms with Crippen molar-refractivity contribution in [1.82, 2.24) is 4.57 Å². The Kier molecular flexibility index (Phi) is 4.56. The van der Waals surface area contributed by atoms with E-state index in [4.69, 9.17) is 11.6 Å². The lowest BCUT2D eigenvalue weighted by molar-refractivity contribution is 1.18. The standard InChI is InChI=1S/C30H20ClN/c31-26-15-9-17-28-30(26)25-14-7-8-16-27(25)32(28)29-20-23(21-10-3-1-4-11-21)18-19-24(29)22-12-5-2-6-13-22/h1-20H. The van der Waals surface area contributed by atoms with Crippen LogP contribution in [0.2, 0.25) is 5.02 Å². The molecule has 0 atom stereocenters. The fourth-order valence-corrected chi connectivity index (χ4v) is 4.90. The number of hydrogen-bond donors (Lipinski definition) is 0. The molecule has 0 radical (unpaired) electrons. The Bertz CT molecular complexity index is 1560. The third-order valence-corrected chi connectivity index (χ3v) is 6.39. The summed E-state index contributed by atoms with van der Waals surface area (Å²) in [7, 11) is 0. The molecular formula is C30H20ClN. The first-order valence-corrected chi connectivity index (χ1v) is 11.1. The Morgan fingerprint density at radius 3 is 1.94 bits per heavy atom. The van der Waals surface area contributed by atoms with E-state index in [9.17, 15) is 0 Å². The first-order valence-electron chi connectivity index (χ1n) is 10.7. The fourth-order valence-electron chi connectivity index (χ4n) is 4.62. The summed E-state index contributed by atoms with van der Waals surface area (Å²) < 4.78 is 2.35. The largest absolute Gasteiger partial charge is 0.309 e. The molecule has 0 saturated heterocycles. The Balaban J connectivity index is 1.74. The van der Waals surface area contributed by atoms with Gasteiger partial charge in [0.05, 0.1) is 21.7 Å². The van der Waals surface area contributed by atoms with Gasteiger partial charge >= 0.3 is 0 Å². The second-order valence-corrected chi connectivity index (χ2v) is 8.36. The number of para-hydroxylation sites is 1. The van der Waals surface area contributed by atoms with Crippen LogP contribution in [0.3, 0.4) is 0 Å². The summed E-state index contributed by atoms with van der Waals surface area (Å²) in [5.41, 5.74) is 8.17. The molecule has 0 unspecified atom stereocenters. The molecule has 1 heterocycles. The number of halogens is 1. The summed E-state index contributed by atoms with van der Waals surface area (Å²) in [4.78, 5) is 0. The van der Waals surface area contributed by atoms with Crippen molar-refractivity contribution in [2.45, 2.75) is 0 Å². The van der Waals surface area contributed by atoms with Crippen molar-refractivity contribution in [3.8, 4) is 27.9 Å². The summed E-state index contributed by atoms with van der Waals surface area (Å²) >= 11 is 6.71. The lowest BCUT2D eigenvalue weighted by Gasteiger charge is -2.16. The second kappa shape index (κ2) is 7.71. The molecule has 0 saturated carbocycles. The Labute approximate surface area is 192 Å². The highest BCUT2D eigenvalue weighted by molar-refractivity contribution is 6.38. The second-order valence-electron chi connectivity index (χ2n) is 7.95. The van der Waals surface area contributed by atoms with Gasteiger partial charge in [0.15, 0.2) is 0 Å². The molecule has 0 aliphatic rings. The first-order chi connectivity index (χ1) is 15.8. The van der Waals surface area contributed by atoms with Gasteiger partial charge < -0.3 is 4.57 Å². The van der Waals surface area contributed by atoms with Crippen molar-refractivity contribution in [2.75, 3.05) is 0 Å².